The normalized spacial score (nSPS) is 14.1. The van der Waals surface area contributed by atoms with Gasteiger partial charge < -0.3 is 10.2 Å². The lowest BCUT2D eigenvalue weighted by molar-refractivity contribution is 0.102. The van der Waals surface area contributed by atoms with E-state index in [2.05, 4.69) is 27.3 Å². The van der Waals surface area contributed by atoms with Crippen LogP contribution in [0.4, 0.5) is 5.69 Å². The van der Waals surface area contributed by atoms with Gasteiger partial charge in [-0.1, -0.05) is 42.1 Å². The van der Waals surface area contributed by atoms with E-state index in [0.717, 1.165) is 23.5 Å². The Balaban J connectivity index is 1.39. The van der Waals surface area contributed by atoms with Crippen molar-refractivity contribution in [3.63, 3.8) is 0 Å². The third kappa shape index (κ3) is 5.46. The van der Waals surface area contributed by atoms with Crippen LogP contribution in [0.5, 0.6) is 0 Å². The van der Waals surface area contributed by atoms with E-state index in [9.17, 15) is 4.79 Å². The van der Waals surface area contributed by atoms with Gasteiger partial charge in [0.2, 0.25) is 0 Å². The highest BCUT2D eigenvalue weighted by atomic mass is 32.2. The van der Waals surface area contributed by atoms with Crippen LogP contribution >= 0.6 is 11.8 Å². The number of aromatic nitrogens is 1. The molecule has 2 aromatic carbocycles. The van der Waals surface area contributed by atoms with E-state index in [1.165, 1.54) is 43.3 Å². The fourth-order valence-electron chi connectivity index (χ4n) is 3.49. The first-order valence-electron chi connectivity index (χ1n) is 10.1. The highest BCUT2D eigenvalue weighted by molar-refractivity contribution is 7.99. The van der Waals surface area contributed by atoms with Crippen molar-refractivity contribution in [2.45, 2.75) is 29.2 Å². The summed E-state index contributed by atoms with van der Waals surface area (Å²) in [5, 5.41) is 3.71. The molecule has 0 spiro atoms. The van der Waals surface area contributed by atoms with Crippen molar-refractivity contribution in [1.82, 2.24) is 9.88 Å². The number of amides is 1. The van der Waals surface area contributed by atoms with E-state index in [1.54, 1.807) is 12.3 Å². The lowest BCUT2D eigenvalue weighted by Crippen LogP contribution is -2.21. The highest BCUT2D eigenvalue weighted by Crippen LogP contribution is 2.28. The average Bonchev–Trinajstić information content (AvgIpc) is 3.28. The maximum absolute atomic E-state index is 12.8. The topological polar surface area (TPSA) is 45.2 Å². The van der Waals surface area contributed by atoms with Crippen LogP contribution in [0.3, 0.4) is 0 Å². The van der Waals surface area contributed by atoms with Gasteiger partial charge in [-0.15, -0.1) is 0 Å². The lowest BCUT2D eigenvalue weighted by atomic mass is 10.1. The molecule has 29 heavy (non-hydrogen) atoms. The minimum Gasteiger partial charge on any atom is -0.322 e. The molecule has 0 radical (unpaired) electrons. The summed E-state index contributed by atoms with van der Waals surface area (Å²) < 4.78 is 0. The molecule has 4 nitrogen and oxygen atoms in total. The molecule has 2 heterocycles. The minimum absolute atomic E-state index is 0.138. The molecule has 1 N–H and O–H groups in total. The summed E-state index contributed by atoms with van der Waals surface area (Å²) in [6.45, 7) is 3.56. The molecule has 1 aromatic heterocycles. The van der Waals surface area contributed by atoms with Gasteiger partial charge in [-0.05, 0) is 74.3 Å². The predicted octanol–water partition coefficient (Wildman–Crippen LogP) is 5.12. The number of hydrogen-bond donors (Lipinski definition) is 1. The minimum atomic E-state index is -0.138. The zero-order chi connectivity index (χ0) is 19.9. The molecular weight excluding hydrogens is 378 g/mol. The smallest absolute Gasteiger partial charge is 0.258 e. The molecule has 0 unspecified atom stereocenters. The second-order valence-corrected chi connectivity index (χ2v) is 8.28. The fourth-order valence-corrected chi connectivity index (χ4v) is 4.39. The zero-order valence-electron chi connectivity index (χ0n) is 16.4. The van der Waals surface area contributed by atoms with Crippen LogP contribution in [0.25, 0.3) is 0 Å². The van der Waals surface area contributed by atoms with Gasteiger partial charge in [-0.25, -0.2) is 4.98 Å². The summed E-state index contributed by atoms with van der Waals surface area (Å²) in [6.07, 6.45) is 5.42. The van der Waals surface area contributed by atoms with Crippen LogP contribution in [0.2, 0.25) is 0 Å². The third-order valence-electron chi connectivity index (χ3n) is 5.10. The summed E-state index contributed by atoms with van der Waals surface area (Å²) in [5.74, 6) is -0.138. The number of benzene rings is 2. The lowest BCUT2D eigenvalue weighted by Gasteiger charge is -2.14. The van der Waals surface area contributed by atoms with Crippen LogP contribution in [0.15, 0.2) is 82.8 Å². The summed E-state index contributed by atoms with van der Waals surface area (Å²) in [5.41, 5.74) is 2.69. The van der Waals surface area contributed by atoms with Gasteiger partial charge in [0.05, 0.1) is 5.56 Å². The summed E-state index contributed by atoms with van der Waals surface area (Å²) in [4.78, 5) is 20.8. The van der Waals surface area contributed by atoms with E-state index in [4.69, 9.17) is 0 Å². The number of carbonyl (C=O) groups is 1. The Morgan fingerprint density at radius 2 is 1.72 bits per heavy atom. The van der Waals surface area contributed by atoms with Gasteiger partial charge in [0.25, 0.3) is 5.91 Å². The molecule has 1 fully saturated rings. The van der Waals surface area contributed by atoms with Gasteiger partial charge in [-0.3, -0.25) is 4.79 Å². The van der Waals surface area contributed by atoms with Crippen LogP contribution in [0.1, 0.15) is 28.8 Å². The Bertz CT molecular complexity index is 938. The van der Waals surface area contributed by atoms with E-state index < -0.39 is 0 Å². The number of anilines is 1. The number of pyridine rings is 1. The number of carbonyl (C=O) groups excluding carboxylic acids is 1. The van der Waals surface area contributed by atoms with E-state index in [0.29, 0.717) is 10.6 Å². The van der Waals surface area contributed by atoms with Gasteiger partial charge in [0, 0.05) is 23.3 Å². The first-order valence-corrected chi connectivity index (χ1v) is 10.9. The molecule has 1 saturated heterocycles. The standard InChI is InChI=1S/C24H25N3OS/c28-23(22-9-6-15-25-24(22)29-21-7-2-1-3-8-21)26-20-12-10-19(11-13-20)14-18-27-16-4-5-17-27/h1-3,6-13,15H,4-5,14,16-18H2,(H,26,28). The van der Waals surface area contributed by atoms with Gasteiger partial charge in [0.1, 0.15) is 5.03 Å². The van der Waals surface area contributed by atoms with E-state index in [-0.39, 0.29) is 5.91 Å². The highest BCUT2D eigenvalue weighted by Gasteiger charge is 2.14. The largest absolute Gasteiger partial charge is 0.322 e. The van der Waals surface area contributed by atoms with Gasteiger partial charge in [-0.2, -0.15) is 0 Å². The zero-order valence-corrected chi connectivity index (χ0v) is 17.2. The van der Waals surface area contributed by atoms with Crippen LogP contribution in [0, 0.1) is 0 Å². The van der Waals surface area contributed by atoms with Crippen molar-refractivity contribution in [2.24, 2.45) is 0 Å². The van der Waals surface area contributed by atoms with Gasteiger partial charge in [0.15, 0.2) is 0 Å². The molecule has 5 heteroatoms. The number of nitrogens with one attached hydrogen (secondary N) is 1. The van der Waals surface area contributed by atoms with Crippen LogP contribution < -0.4 is 5.32 Å². The molecule has 148 valence electrons. The number of hydrogen-bond acceptors (Lipinski definition) is 4. The summed E-state index contributed by atoms with van der Waals surface area (Å²) in [7, 11) is 0. The fraction of sp³-hybridized carbons (Fsp3) is 0.250. The second kappa shape index (κ2) is 9.72. The maximum atomic E-state index is 12.8. The average molecular weight is 404 g/mol. The molecular formula is C24H25N3OS. The van der Waals surface area contributed by atoms with Crippen molar-refractivity contribution in [2.75, 3.05) is 25.0 Å². The molecule has 4 rings (SSSR count). The number of rotatable bonds is 7. The second-order valence-electron chi connectivity index (χ2n) is 7.22. The Kier molecular flexibility index (Phi) is 6.60. The summed E-state index contributed by atoms with van der Waals surface area (Å²) in [6, 6.07) is 21.8. The van der Waals surface area contributed by atoms with Crippen LogP contribution in [-0.4, -0.2) is 35.4 Å². The van der Waals surface area contributed by atoms with Crippen molar-refractivity contribution >= 4 is 23.4 Å². The predicted molar refractivity (Wildman–Crippen MR) is 119 cm³/mol. The summed E-state index contributed by atoms with van der Waals surface area (Å²) >= 11 is 1.50. The van der Waals surface area contributed by atoms with Crippen molar-refractivity contribution in [1.29, 1.82) is 0 Å². The third-order valence-corrected chi connectivity index (χ3v) is 6.13. The number of nitrogens with zero attached hydrogens (tertiary/aromatic N) is 2. The number of likely N-dealkylation sites (tertiary alicyclic amines) is 1. The van der Waals surface area contributed by atoms with Crippen molar-refractivity contribution in [3.8, 4) is 0 Å². The molecule has 0 atom stereocenters. The molecule has 0 aliphatic carbocycles. The Hall–Kier alpha value is -2.63. The SMILES string of the molecule is O=C(Nc1ccc(CCN2CCCC2)cc1)c1cccnc1Sc1ccccc1. The molecule has 1 aliphatic rings. The Morgan fingerprint density at radius 1 is 0.966 bits per heavy atom. The first kappa shape index (κ1) is 19.7. The molecule has 1 amide bonds. The van der Waals surface area contributed by atoms with Crippen LogP contribution in [-0.2, 0) is 6.42 Å². The monoisotopic (exact) mass is 403 g/mol. The molecule has 1 aliphatic heterocycles. The first-order chi connectivity index (χ1) is 14.3. The molecule has 0 bridgehead atoms. The van der Waals surface area contributed by atoms with Crippen molar-refractivity contribution in [3.05, 3.63) is 84.1 Å². The quantitative estimate of drug-likeness (QED) is 0.594. The Labute approximate surface area is 176 Å². The van der Waals surface area contributed by atoms with E-state index in [1.807, 2.05) is 48.5 Å². The molecule has 0 saturated carbocycles. The van der Waals surface area contributed by atoms with Gasteiger partial charge >= 0.3 is 0 Å². The van der Waals surface area contributed by atoms with E-state index >= 15 is 0 Å². The molecule has 3 aromatic rings. The van der Waals surface area contributed by atoms with Crippen molar-refractivity contribution < 1.29 is 4.79 Å². The maximum Gasteiger partial charge on any atom is 0.258 e. The Morgan fingerprint density at radius 3 is 2.48 bits per heavy atom.